The second-order valence-electron chi connectivity index (χ2n) is 7.13. The number of amides is 1. The van der Waals surface area contributed by atoms with Crippen molar-refractivity contribution in [2.24, 2.45) is 0 Å². The number of carbonyl (C=O) groups excluding carboxylic acids is 1. The van der Waals surface area contributed by atoms with Crippen LogP contribution in [0.15, 0.2) is 41.1 Å². The third kappa shape index (κ3) is 3.25. The summed E-state index contributed by atoms with van der Waals surface area (Å²) in [6.45, 7) is 4.72. The minimum atomic E-state index is -0.358. The van der Waals surface area contributed by atoms with Gasteiger partial charge in [-0.1, -0.05) is 31.1 Å². The first kappa shape index (κ1) is 17.5. The van der Waals surface area contributed by atoms with E-state index in [4.69, 9.17) is 4.52 Å². The summed E-state index contributed by atoms with van der Waals surface area (Å²) >= 11 is 0. The van der Waals surface area contributed by atoms with Crippen molar-refractivity contribution in [2.45, 2.75) is 38.6 Å². The molecule has 2 aromatic heterocycles. The van der Waals surface area contributed by atoms with Crippen LogP contribution in [0.2, 0.25) is 0 Å². The first-order valence-electron chi connectivity index (χ1n) is 9.11. The number of halogens is 1. The molecule has 27 heavy (non-hydrogen) atoms. The average Bonchev–Trinajstić information content (AvgIpc) is 3.40. The highest BCUT2D eigenvalue weighted by Crippen LogP contribution is 2.35. The largest absolute Gasteiger partial charge is 0.361 e. The van der Waals surface area contributed by atoms with Crippen LogP contribution in [-0.2, 0) is 0 Å². The van der Waals surface area contributed by atoms with Gasteiger partial charge in [0, 0.05) is 24.1 Å². The van der Waals surface area contributed by atoms with Gasteiger partial charge in [0.2, 0.25) is 0 Å². The van der Waals surface area contributed by atoms with E-state index in [1.165, 1.54) is 18.3 Å². The molecule has 6 nitrogen and oxygen atoms in total. The number of benzene rings is 1. The summed E-state index contributed by atoms with van der Waals surface area (Å²) in [7, 11) is 0. The topological polar surface area (TPSA) is 75.0 Å². The lowest BCUT2D eigenvalue weighted by Gasteiger charge is -2.23. The lowest BCUT2D eigenvalue weighted by Crippen LogP contribution is -2.30. The highest BCUT2D eigenvalue weighted by Gasteiger charge is 2.34. The highest BCUT2D eigenvalue weighted by atomic mass is 19.1. The number of nitrogens with zero attached hydrogens (tertiary/aromatic N) is 3. The van der Waals surface area contributed by atoms with Gasteiger partial charge in [0.15, 0.2) is 0 Å². The van der Waals surface area contributed by atoms with Crippen LogP contribution in [0.1, 0.15) is 60.5 Å². The van der Waals surface area contributed by atoms with Crippen LogP contribution in [0.5, 0.6) is 0 Å². The molecule has 3 heterocycles. The van der Waals surface area contributed by atoms with Crippen LogP contribution in [-0.4, -0.2) is 32.7 Å². The first-order chi connectivity index (χ1) is 13.0. The second kappa shape index (κ2) is 6.98. The molecule has 1 aliphatic rings. The lowest BCUT2D eigenvalue weighted by molar-refractivity contribution is 0.0731. The summed E-state index contributed by atoms with van der Waals surface area (Å²) in [4.78, 5) is 15.0. The Kier molecular flexibility index (Phi) is 4.51. The predicted octanol–water partition coefficient (Wildman–Crippen LogP) is 4.30. The Morgan fingerprint density at radius 3 is 2.96 bits per heavy atom. The van der Waals surface area contributed by atoms with E-state index in [1.54, 1.807) is 17.0 Å². The fraction of sp³-hybridized carbons (Fsp3) is 0.350. The quantitative estimate of drug-likeness (QED) is 0.745. The molecule has 1 aromatic carbocycles. The molecule has 3 aromatic rings. The van der Waals surface area contributed by atoms with E-state index in [-0.39, 0.29) is 23.7 Å². The summed E-state index contributed by atoms with van der Waals surface area (Å²) in [5.41, 5.74) is 2.32. The number of hydrogen-bond donors (Lipinski definition) is 1. The van der Waals surface area contributed by atoms with Crippen LogP contribution < -0.4 is 0 Å². The van der Waals surface area contributed by atoms with Gasteiger partial charge < -0.3 is 9.42 Å². The molecular weight excluding hydrogens is 347 g/mol. The maximum atomic E-state index is 13.6. The molecule has 0 radical (unpaired) electrons. The van der Waals surface area contributed by atoms with E-state index in [0.29, 0.717) is 23.4 Å². The number of likely N-dealkylation sites (tertiary alicyclic amines) is 1. The number of aromatic amines is 1. The van der Waals surface area contributed by atoms with Crippen molar-refractivity contribution in [3.05, 3.63) is 59.4 Å². The Bertz CT molecular complexity index is 962. The first-order valence-corrected chi connectivity index (χ1v) is 9.11. The zero-order valence-electron chi connectivity index (χ0n) is 15.3. The number of H-pyrrole nitrogens is 1. The number of carbonyl (C=O) groups is 1. The molecule has 0 spiro atoms. The molecule has 0 saturated carbocycles. The molecule has 0 unspecified atom stereocenters. The number of nitrogens with one attached hydrogen (secondary N) is 1. The van der Waals surface area contributed by atoms with E-state index >= 15 is 0 Å². The average molecular weight is 368 g/mol. The zero-order valence-corrected chi connectivity index (χ0v) is 15.3. The van der Waals surface area contributed by atoms with Crippen LogP contribution in [0.25, 0.3) is 11.3 Å². The van der Waals surface area contributed by atoms with E-state index < -0.39 is 0 Å². The van der Waals surface area contributed by atoms with E-state index in [2.05, 4.69) is 15.4 Å². The normalized spacial score (nSPS) is 17.0. The van der Waals surface area contributed by atoms with Crippen LogP contribution >= 0.6 is 0 Å². The summed E-state index contributed by atoms with van der Waals surface area (Å²) in [5.74, 6) is 0.557. The van der Waals surface area contributed by atoms with Crippen molar-refractivity contribution in [3.8, 4) is 11.3 Å². The third-order valence-electron chi connectivity index (χ3n) is 4.95. The molecule has 0 bridgehead atoms. The molecule has 1 saturated heterocycles. The van der Waals surface area contributed by atoms with Gasteiger partial charge in [0.25, 0.3) is 5.91 Å². The van der Waals surface area contributed by atoms with Crippen molar-refractivity contribution < 1.29 is 13.7 Å². The second-order valence-corrected chi connectivity index (χ2v) is 7.13. The van der Waals surface area contributed by atoms with Gasteiger partial charge >= 0.3 is 0 Å². The fourth-order valence-electron chi connectivity index (χ4n) is 3.52. The molecule has 0 aliphatic carbocycles. The maximum absolute atomic E-state index is 13.6. The molecule has 1 N–H and O–H groups in total. The maximum Gasteiger partial charge on any atom is 0.258 e. The van der Waals surface area contributed by atoms with Crippen molar-refractivity contribution in [1.82, 2.24) is 20.3 Å². The molecule has 140 valence electrons. The van der Waals surface area contributed by atoms with Crippen molar-refractivity contribution >= 4 is 5.91 Å². The lowest BCUT2D eigenvalue weighted by atomic mass is 10.1. The summed E-state index contributed by atoms with van der Waals surface area (Å²) in [5, 5.41) is 11.0. The molecule has 1 aliphatic heterocycles. The van der Waals surface area contributed by atoms with Crippen molar-refractivity contribution in [1.29, 1.82) is 0 Å². The van der Waals surface area contributed by atoms with Crippen molar-refractivity contribution in [2.75, 3.05) is 6.54 Å². The molecule has 1 amide bonds. The van der Waals surface area contributed by atoms with Gasteiger partial charge in [-0.25, -0.2) is 4.39 Å². The van der Waals surface area contributed by atoms with Crippen molar-refractivity contribution in [3.63, 3.8) is 0 Å². The molecule has 7 heteroatoms. The van der Waals surface area contributed by atoms with Gasteiger partial charge in [-0.05, 0) is 25.0 Å². The highest BCUT2D eigenvalue weighted by molar-refractivity contribution is 6.00. The fourth-order valence-corrected chi connectivity index (χ4v) is 3.52. The summed E-state index contributed by atoms with van der Waals surface area (Å²) in [6.07, 6.45) is 3.23. The van der Waals surface area contributed by atoms with Gasteiger partial charge in [0.1, 0.15) is 17.3 Å². The Labute approximate surface area is 156 Å². The van der Waals surface area contributed by atoms with E-state index in [9.17, 15) is 9.18 Å². The standard InChI is InChI=1S/C20H21FN4O2/c1-12(2)18-10-16(24-27-18)17-7-4-8-25(17)20(26)15-11-22-23-19(15)13-5-3-6-14(21)9-13/h3,5-6,9-12,17H,4,7-8H2,1-2H3,(H,22,23)/t17-/m0/s1. The SMILES string of the molecule is CC(C)c1cc([C@@H]2CCCN2C(=O)c2cn[nH]c2-c2cccc(F)c2)no1. The van der Waals surface area contributed by atoms with Gasteiger partial charge in [-0.2, -0.15) is 5.10 Å². The monoisotopic (exact) mass is 368 g/mol. The molecule has 4 rings (SSSR count). The Morgan fingerprint density at radius 2 is 2.22 bits per heavy atom. The van der Waals surface area contributed by atoms with Crippen LogP contribution in [0.4, 0.5) is 4.39 Å². The molecular formula is C20H21FN4O2. The van der Waals surface area contributed by atoms with Crippen LogP contribution in [0.3, 0.4) is 0 Å². The van der Waals surface area contributed by atoms with Gasteiger partial charge in [-0.15, -0.1) is 0 Å². The predicted molar refractivity (Wildman–Crippen MR) is 97.6 cm³/mol. The Morgan fingerprint density at radius 1 is 1.37 bits per heavy atom. The minimum Gasteiger partial charge on any atom is -0.361 e. The molecule has 1 fully saturated rings. The Balaban J connectivity index is 1.63. The molecule has 1 atom stereocenters. The third-order valence-corrected chi connectivity index (χ3v) is 4.95. The van der Waals surface area contributed by atoms with E-state index in [0.717, 1.165) is 24.3 Å². The summed E-state index contributed by atoms with van der Waals surface area (Å²) in [6, 6.07) is 7.93. The Hall–Kier alpha value is -2.96. The number of rotatable bonds is 4. The van der Waals surface area contributed by atoms with E-state index in [1.807, 2.05) is 19.9 Å². The van der Waals surface area contributed by atoms with Gasteiger partial charge in [0.05, 0.1) is 23.5 Å². The number of hydrogen-bond acceptors (Lipinski definition) is 4. The summed E-state index contributed by atoms with van der Waals surface area (Å²) < 4.78 is 19.0. The number of aromatic nitrogens is 3. The van der Waals surface area contributed by atoms with Gasteiger partial charge in [-0.3, -0.25) is 9.89 Å². The minimum absolute atomic E-state index is 0.121. The smallest absolute Gasteiger partial charge is 0.258 e. The van der Waals surface area contributed by atoms with Crippen LogP contribution in [0, 0.1) is 5.82 Å². The zero-order chi connectivity index (χ0) is 19.0.